The minimum absolute atomic E-state index is 0.305. The zero-order valence-electron chi connectivity index (χ0n) is 17.0. The van der Waals surface area contributed by atoms with Gasteiger partial charge in [-0.2, -0.15) is 0 Å². The second kappa shape index (κ2) is 10.9. The van der Waals surface area contributed by atoms with E-state index < -0.39 is 0 Å². The summed E-state index contributed by atoms with van der Waals surface area (Å²) < 4.78 is 5.39. The molecule has 0 atom stereocenters. The molecule has 1 aromatic carbocycles. The topological polar surface area (TPSA) is 32.8 Å². The normalized spacial score (nSPS) is 23.2. The number of allylic oxidation sites excluding steroid dienone is 1. The molecule has 1 saturated heterocycles. The Bertz CT molecular complexity index is 633. The van der Waals surface area contributed by atoms with Crippen LogP contribution in [0.1, 0.15) is 44.9 Å². The van der Waals surface area contributed by atoms with Crippen molar-refractivity contribution in [2.75, 3.05) is 33.2 Å². The second-order valence-corrected chi connectivity index (χ2v) is 8.69. The lowest BCUT2D eigenvalue weighted by Crippen LogP contribution is -2.32. The first-order valence-electron chi connectivity index (χ1n) is 10.7. The number of rotatable bonds is 7. The molecule has 5 heteroatoms. The van der Waals surface area contributed by atoms with Crippen molar-refractivity contribution in [1.82, 2.24) is 9.80 Å². The minimum atomic E-state index is -0.305. The van der Waals surface area contributed by atoms with Gasteiger partial charge in [0.25, 0.3) is 0 Å². The summed E-state index contributed by atoms with van der Waals surface area (Å²) in [6, 6.07) is 6.88. The molecule has 2 aliphatic rings. The van der Waals surface area contributed by atoms with Gasteiger partial charge >= 0.3 is 6.09 Å². The van der Waals surface area contributed by atoms with Gasteiger partial charge in [-0.15, -0.1) is 0 Å². The van der Waals surface area contributed by atoms with Gasteiger partial charge in [-0.1, -0.05) is 23.8 Å². The maximum Gasteiger partial charge on any atom is 0.414 e. The van der Waals surface area contributed by atoms with Crippen LogP contribution in [0.4, 0.5) is 4.79 Å². The third-order valence-corrected chi connectivity index (χ3v) is 6.32. The minimum Gasteiger partial charge on any atom is -0.410 e. The molecule has 0 unspecified atom stereocenters. The van der Waals surface area contributed by atoms with Crippen LogP contribution in [0.2, 0.25) is 5.02 Å². The predicted molar refractivity (Wildman–Crippen MR) is 115 cm³/mol. The Labute approximate surface area is 174 Å². The van der Waals surface area contributed by atoms with Crippen LogP contribution in [0.3, 0.4) is 0 Å². The summed E-state index contributed by atoms with van der Waals surface area (Å²) >= 11 is 5.86. The van der Waals surface area contributed by atoms with Gasteiger partial charge < -0.3 is 9.64 Å². The highest BCUT2D eigenvalue weighted by atomic mass is 35.5. The van der Waals surface area contributed by atoms with E-state index in [1.54, 1.807) is 29.2 Å². The summed E-state index contributed by atoms with van der Waals surface area (Å²) in [5.74, 6) is 1.99. The molecular weight excluding hydrogens is 372 g/mol. The molecule has 0 aromatic heterocycles. The number of hydrogen-bond donors (Lipinski definition) is 0. The van der Waals surface area contributed by atoms with Crippen molar-refractivity contribution >= 4 is 17.7 Å². The van der Waals surface area contributed by atoms with Crippen LogP contribution in [0.5, 0.6) is 5.75 Å². The number of likely N-dealkylation sites (tertiary alicyclic amines) is 1. The number of carbonyl (C=O) groups is 1. The van der Waals surface area contributed by atoms with E-state index in [1.165, 1.54) is 51.6 Å². The molecule has 3 rings (SSSR count). The first kappa shape index (κ1) is 21.2. The standard InChI is InChI=1S/C23H33ClN2O2/c1-25(23(27)28-22-12-10-21(24)11-13-22)18-14-20-8-6-19(7-9-20)5-4-17-26-15-2-3-16-26/h4-5,10-13,19-20H,2-3,6-9,14-18H2,1H3. The molecule has 0 N–H and O–H groups in total. The van der Waals surface area contributed by atoms with E-state index >= 15 is 0 Å². The molecule has 1 aliphatic heterocycles. The van der Waals surface area contributed by atoms with Crippen LogP contribution in [0, 0.1) is 11.8 Å². The number of hydrogen-bond acceptors (Lipinski definition) is 3. The molecule has 1 aromatic rings. The highest BCUT2D eigenvalue weighted by molar-refractivity contribution is 6.30. The molecule has 1 heterocycles. The molecule has 28 heavy (non-hydrogen) atoms. The summed E-state index contributed by atoms with van der Waals surface area (Å²) in [6.07, 6.45) is 13.4. The number of amides is 1. The van der Waals surface area contributed by atoms with Crippen LogP contribution < -0.4 is 4.74 Å². The van der Waals surface area contributed by atoms with Gasteiger partial charge in [-0.05, 0) is 94.1 Å². The van der Waals surface area contributed by atoms with Crippen LogP contribution in [-0.4, -0.2) is 49.1 Å². The molecule has 2 fully saturated rings. The SMILES string of the molecule is CN(CCC1CCC(C=CCN2CCCC2)CC1)C(=O)Oc1ccc(Cl)cc1. The fourth-order valence-corrected chi connectivity index (χ4v) is 4.31. The van der Waals surface area contributed by atoms with Crippen molar-refractivity contribution in [2.45, 2.75) is 44.9 Å². The van der Waals surface area contributed by atoms with E-state index in [2.05, 4.69) is 17.1 Å². The Balaban J connectivity index is 1.31. The van der Waals surface area contributed by atoms with Gasteiger partial charge in [-0.3, -0.25) is 4.90 Å². The van der Waals surface area contributed by atoms with Gasteiger partial charge in [0.1, 0.15) is 5.75 Å². The van der Waals surface area contributed by atoms with Gasteiger partial charge in [0.05, 0.1) is 0 Å². The Morgan fingerprint density at radius 3 is 2.54 bits per heavy atom. The van der Waals surface area contributed by atoms with Crippen molar-refractivity contribution in [2.24, 2.45) is 11.8 Å². The summed E-state index contributed by atoms with van der Waals surface area (Å²) in [4.78, 5) is 16.4. The average molecular weight is 405 g/mol. The maximum atomic E-state index is 12.2. The summed E-state index contributed by atoms with van der Waals surface area (Å²) in [5.41, 5.74) is 0. The Morgan fingerprint density at radius 1 is 1.18 bits per heavy atom. The van der Waals surface area contributed by atoms with E-state index in [-0.39, 0.29) is 6.09 Å². The monoisotopic (exact) mass is 404 g/mol. The molecule has 4 nitrogen and oxygen atoms in total. The first-order valence-corrected chi connectivity index (χ1v) is 11.1. The Kier molecular flexibility index (Phi) is 8.23. The van der Waals surface area contributed by atoms with Crippen molar-refractivity contribution in [1.29, 1.82) is 0 Å². The number of nitrogens with zero attached hydrogens (tertiary/aromatic N) is 2. The van der Waals surface area contributed by atoms with E-state index in [0.717, 1.165) is 25.4 Å². The molecule has 1 aliphatic carbocycles. The lowest BCUT2D eigenvalue weighted by atomic mass is 9.80. The maximum absolute atomic E-state index is 12.2. The smallest absolute Gasteiger partial charge is 0.410 e. The van der Waals surface area contributed by atoms with Crippen molar-refractivity contribution in [3.05, 3.63) is 41.4 Å². The molecule has 0 bridgehead atoms. The molecule has 1 saturated carbocycles. The Hall–Kier alpha value is -1.52. The van der Waals surface area contributed by atoms with Crippen LogP contribution in [0.25, 0.3) is 0 Å². The van der Waals surface area contributed by atoms with Crippen LogP contribution in [-0.2, 0) is 0 Å². The fourth-order valence-electron chi connectivity index (χ4n) is 4.19. The largest absolute Gasteiger partial charge is 0.414 e. The molecular formula is C23H33ClN2O2. The summed E-state index contributed by atoms with van der Waals surface area (Å²) in [6.45, 7) is 4.41. The molecule has 154 valence electrons. The van der Waals surface area contributed by atoms with Crippen molar-refractivity contribution < 1.29 is 9.53 Å². The third kappa shape index (κ3) is 6.82. The number of carbonyl (C=O) groups excluding carboxylic acids is 1. The first-order chi connectivity index (χ1) is 13.6. The van der Waals surface area contributed by atoms with E-state index in [0.29, 0.717) is 16.7 Å². The highest BCUT2D eigenvalue weighted by Crippen LogP contribution is 2.31. The zero-order chi connectivity index (χ0) is 19.8. The number of halogens is 1. The van der Waals surface area contributed by atoms with Gasteiger partial charge in [0, 0.05) is 25.2 Å². The average Bonchev–Trinajstić information content (AvgIpc) is 3.22. The van der Waals surface area contributed by atoms with Crippen molar-refractivity contribution in [3.63, 3.8) is 0 Å². The summed E-state index contributed by atoms with van der Waals surface area (Å²) in [7, 11) is 1.81. The lowest BCUT2D eigenvalue weighted by molar-refractivity contribution is 0.157. The van der Waals surface area contributed by atoms with Crippen LogP contribution >= 0.6 is 11.6 Å². The van der Waals surface area contributed by atoms with Crippen molar-refractivity contribution in [3.8, 4) is 5.75 Å². The van der Waals surface area contributed by atoms with Crippen LogP contribution in [0.15, 0.2) is 36.4 Å². The second-order valence-electron chi connectivity index (χ2n) is 8.25. The molecule has 0 spiro atoms. The van der Waals surface area contributed by atoms with E-state index in [9.17, 15) is 4.79 Å². The Morgan fingerprint density at radius 2 is 1.86 bits per heavy atom. The number of benzene rings is 1. The predicted octanol–water partition coefficient (Wildman–Crippen LogP) is 5.62. The van der Waals surface area contributed by atoms with Gasteiger partial charge in [0.15, 0.2) is 0 Å². The van der Waals surface area contributed by atoms with E-state index in [4.69, 9.17) is 16.3 Å². The van der Waals surface area contributed by atoms with Gasteiger partial charge in [0.2, 0.25) is 0 Å². The molecule has 0 radical (unpaired) electrons. The molecule has 1 amide bonds. The van der Waals surface area contributed by atoms with Gasteiger partial charge in [-0.25, -0.2) is 4.79 Å². The zero-order valence-corrected chi connectivity index (χ0v) is 17.7. The third-order valence-electron chi connectivity index (χ3n) is 6.07. The summed E-state index contributed by atoms with van der Waals surface area (Å²) in [5, 5.41) is 0.634. The number of ether oxygens (including phenoxy) is 1. The highest BCUT2D eigenvalue weighted by Gasteiger charge is 2.21. The fraction of sp³-hybridized carbons (Fsp3) is 0.609. The quantitative estimate of drug-likeness (QED) is 0.553. The lowest BCUT2D eigenvalue weighted by Gasteiger charge is -2.28. The van der Waals surface area contributed by atoms with E-state index in [1.807, 2.05) is 7.05 Å².